The largest absolute Gasteiger partial charge is 0.497 e. The van der Waals surface area contributed by atoms with E-state index in [2.05, 4.69) is 20.9 Å². The maximum atomic E-state index is 13.8. The summed E-state index contributed by atoms with van der Waals surface area (Å²) in [7, 11) is 1.59. The van der Waals surface area contributed by atoms with Gasteiger partial charge in [-0.25, -0.2) is 5.01 Å². The summed E-state index contributed by atoms with van der Waals surface area (Å²) in [6, 6.07) is 32.0. The fourth-order valence-corrected chi connectivity index (χ4v) is 5.46. The second kappa shape index (κ2) is 10.3. The molecule has 39 heavy (non-hydrogen) atoms. The topological polar surface area (TPSA) is 74.8 Å². The number of carbonyl (C=O) groups is 1. The summed E-state index contributed by atoms with van der Waals surface area (Å²) >= 11 is 3.59. The lowest BCUT2D eigenvalue weighted by atomic mass is 9.91. The van der Waals surface area contributed by atoms with Gasteiger partial charge >= 0.3 is 0 Å². The Labute approximate surface area is 233 Å². The Bertz CT molecular complexity index is 1760. The maximum Gasteiger partial charge on any atom is 0.274 e. The quantitative estimate of drug-likeness (QED) is 0.245. The van der Waals surface area contributed by atoms with Gasteiger partial charge in [0.25, 0.3) is 11.5 Å². The number of rotatable bonds is 5. The Morgan fingerprint density at radius 1 is 0.923 bits per heavy atom. The third-order valence-electron chi connectivity index (χ3n) is 6.97. The number of hydrogen-bond acceptors (Lipinski definition) is 4. The number of ether oxygens (including phenoxy) is 1. The molecule has 0 fully saturated rings. The second-order valence-electron chi connectivity index (χ2n) is 9.32. The van der Waals surface area contributed by atoms with Crippen molar-refractivity contribution in [3.8, 4) is 16.9 Å². The minimum Gasteiger partial charge on any atom is -0.497 e. The SMILES string of the molecule is COc1ccc(C(=O)N2N=C(c3c(-c4ccccc4)c4cc(Br)ccc4[nH]c3=O)C[C@H]2c2ccccc2)cc1. The van der Waals surface area contributed by atoms with Crippen LogP contribution in [0.3, 0.4) is 0 Å². The number of aromatic nitrogens is 1. The van der Waals surface area contributed by atoms with E-state index in [9.17, 15) is 9.59 Å². The normalized spacial score (nSPS) is 14.9. The van der Waals surface area contributed by atoms with Gasteiger partial charge in [-0.1, -0.05) is 76.6 Å². The van der Waals surface area contributed by atoms with Gasteiger partial charge in [-0.05, 0) is 53.6 Å². The van der Waals surface area contributed by atoms with Crippen LogP contribution in [0.15, 0.2) is 117 Å². The number of pyridine rings is 1. The van der Waals surface area contributed by atoms with Gasteiger partial charge in [0.1, 0.15) is 5.75 Å². The lowest BCUT2D eigenvalue weighted by molar-refractivity contribution is 0.0711. The van der Waals surface area contributed by atoms with Crippen LogP contribution in [0.25, 0.3) is 22.0 Å². The number of carbonyl (C=O) groups excluding carboxylic acids is 1. The van der Waals surface area contributed by atoms with Crippen molar-refractivity contribution in [3.05, 3.63) is 135 Å². The van der Waals surface area contributed by atoms with E-state index in [0.29, 0.717) is 29.0 Å². The van der Waals surface area contributed by atoms with E-state index in [1.54, 1.807) is 31.4 Å². The van der Waals surface area contributed by atoms with Crippen LogP contribution in [-0.4, -0.2) is 28.7 Å². The fourth-order valence-electron chi connectivity index (χ4n) is 5.09. The molecule has 1 aromatic heterocycles. The first-order chi connectivity index (χ1) is 19.0. The molecule has 1 amide bonds. The smallest absolute Gasteiger partial charge is 0.274 e. The van der Waals surface area contributed by atoms with Crippen LogP contribution in [0.4, 0.5) is 0 Å². The standard InChI is InChI=1S/C32H24BrN3O3/c1-39-24-15-12-22(13-16-24)32(38)36-28(20-8-4-2-5-9-20)19-27(35-36)30-29(21-10-6-3-7-11-21)25-18-23(33)14-17-26(25)34-31(30)37/h2-18,28H,19H2,1H3,(H,34,37)/t28-/m0/s1. The third kappa shape index (κ3) is 4.66. The number of hydrazone groups is 1. The number of methoxy groups -OCH3 is 1. The molecule has 0 saturated heterocycles. The predicted molar refractivity (Wildman–Crippen MR) is 157 cm³/mol. The highest BCUT2D eigenvalue weighted by Gasteiger charge is 2.35. The number of amides is 1. The van der Waals surface area contributed by atoms with Crippen molar-refractivity contribution in [1.29, 1.82) is 0 Å². The first-order valence-corrected chi connectivity index (χ1v) is 13.3. The molecular weight excluding hydrogens is 554 g/mol. The fraction of sp³-hybridized carbons (Fsp3) is 0.0938. The van der Waals surface area contributed by atoms with E-state index in [1.165, 1.54) is 5.01 Å². The molecule has 0 bridgehead atoms. The van der Waals surface area contributed by atoms with E-state index in [0.717, 1.165) is 32.1 Å². The molecule has 2 heterocycles. The second-order valence-corrected chi connectivity index (χ2v) is 10.2. The average Bonchev–Trinajstić information content (AvgIpc) is 3.42. The number of fused-ring (bicyclic) bond motifs is 1. The predicted octanol–water partition coefficient (Wildman–Crippen LogP) is 6.96. The Balaban J connectivity index is 1.55. The number of nitrogens with one attached hydrogen (secondary N) is 1. The zero-order chi connectivity index (χ0) is 26.9. The number of halogens is 1. The van der Waals surface area contributed by atoms with Gasteiger partial charge in [0.05, 0.1) is 24.4 Å². The zero-order valence-electron chi connectivity index (χ0n) is 21.1. The third-order valence-corrected chi connectivity index (χ3v) is 7.46. The van der Waals surface area contributed by atoms with Gasteiger partial charge in [-0.2, -0.15) is 5.10 Å². The Morgan fingerprint density at radius 2 is 1.62 bits per heavy atom. The van der Waals surface area contributed by atoms with Gasteiger partial charge in [-0.15, -0.1) is 0 Å². The van der Waals surface area contributed by atoms with E-state index in [-0.39, 0.29) is 17.5 Å². The van der Waals surface area contributed by atoms with Crippen LogP contribution in [0.1, 0.15) is 33.9 Å². The minimum atomic E-state index is -0.364. The Kier molecular flexibility index (Phi) is 6.59. The van der Waals surface area contributed by atoms with Crippen molar-refractivity contribution < 1.29 is 9.53 Å². The number of nitrogens with zero attached hydrogens (tertiary/aromatic N) is 2. The summed E-state index contributed by atoms with van der Waals surface area (Å²) < 4.78 is 6.16. The molecule has 0 spiro atoms. The molecule has 5 aromatic rings. The molecule has 7 heteroatoms. The summed E-state index contributed by atoms with van der Waals surface area (Å²) in [6.45, 7) is 0. The summed E-state index contributed by atoms with van der Waals surface area (Å²) in [5.41, 5.74) is 4.65. The first kappa shape index (κ1) is 24.8. The van der Waals surface area contributed by atoms with Crippen LogP contribution >= 0.6 is 15.9 Å². The summed E-state index contributed by atoms with van der Waals surface area (Å²) in [5.74, 6) is 0.417. The summed E-state index contributed by atoms with van der Waals surface area (Å²) in [4.78, 5) is 30.5. The molecule has 0 aliphatic carbocycles. The highest BCUT2D eigenvalue weighted by atomic mass is 79.9. The molecule has 6 rings (SSSR count). The number of aromatic amines is 1. The molecule has 1 atom stereocenters. The zero-order valence-corrected chi connectivity index (χ0v) is 22.7. The molecule has 0 radical (unpaired) electrons. The van der Waals surface area contributed by atoms with Gasteiger partial charge in [-0.3, -0.25) is 9.59 Å². The molecule has 6 nitrogen and oxygen atoms in total. The molecule has 1 N–H and O–H groups in total. The Hall–Kier alpha value is -4.49. The summed E-state index contributed by atoms with van der Waals surface area (Å²) in [5, 5.41) is 7.25. The lowest BCUT2D eigenvalue weighted by Gasteiger charge is -2.22. The summed E-state index contributed by atoms with van der Waals surface area (Å²) in [6.07, 6.45) is 0.397. The van der Waals surface area contributed by atoms with Gasteiger partial charge in [0, 0.05) is 32.9 Å². The molecule has 1 aliphatic heterocycles. The van der Waals surface area contributed by atoms with Crippen molar-refractivity contribution in [2.24, 2.45) is 5.10 Å². The number of benzene rings is 4. The molecule has 192 valence electrons. The van der Waals surface area contributed by atoms with E-state index < -0.39 is 0 Å². The van der Waals surface area contributed by atoms with Crippen molar-refractivity contribution in [3.63, 3.8) is 0 Å². The molecule has 0 unspecified atom stereocenters. The molecule has 1 aliphatic rings. The van der Waals surface area contributed by atoms with E-state index in [4.69, 9.17) is 9.84 Å². The van der Waals surface area contributed by atoms with Crippen LogP contribution in [0.5, 0.6) is 5.75 Å². The first-order valence-electron chi connectivity index (χ1n) is 12.5. The molecular formula is C32H24BrN3O3. The van der Waals surface area contributed by atoms with Crippen LogP contribution in [0, 0.1) is 0 Å². The molecule has 0 saturated carbocycles. The maximum absolute atomic E-state index is 13.8. The highest BCUT2D eigenvalue weighted by Crippen LogP contribution is 2.38. The van der Waals surface area contributed by atoms with Gasteiger partial charge in [0.15, 0.2) is 0 Å². The monoisotopic (exact) mass is 577 g/mol. The van der Waals surface area contributed by atoms with Gasteiger partial charge < -0.3 is 9.72 Å². The van der Waals surface area contributed by atoms with Crippen molar-refractivity contribution in [2.75, 3.05) is 7.11 Å². The molecule has 4 aromatic carbocycles. The van der Waals surface area contributed by atoms with Crippen LogP contribution < -0.4 is 10.3 Å². The van der Waals surface area contributed by atoms with E-state index >= 15 is 0 Å². The van der Waals surface area contributed by atoms with Crippen LogP contribution in [0.2, 0.25) is 0 Å². The average molecular weight is 578 g/mol. The number of hydrogen-bond donors (Lipinski definition) is 1. The highest BCUT2D eigenvalue weighted by molar-refractivity contribution is 9.10. The van der Waals surface area contributed by atoms with Crippen LogP contribution in [-0.2, 0) is 0 Å². The van der Waals surface area contributed by atoms with Crippen molar-refractivity contribution in [1.82, 2.24) is 9.99 Å². The number of H-pyrrole nitrogens is 1. The van der Waals surface area contributed by atoms with Gasteiger partial charge in [0.2, 0.25) is 0 Å². The Morgan fingerprint density at radius 3 is 2.31 bits per heavy atom. The lowest BCUT2D eigenvalue weighted by Crippen LogP contribution is -2.27. The van der Waals surface area contributed by atoms with Crippen molar-refractivity contribution in [2.45, 2.75) is 12.5 Å². The van der Waals surface area contributed by atoms with Crippen molar-refractivity contribution >= 4 is 38.5 Å². The minimum absolute atomic E-state index is 0.243. The van der Waals surface area contributed by atoms with E-state index in [1.807, 2.05) is 78.9 Å².